The Kier molecular flexibility index (Phi) is 4.71. The van der Waals surface area contributed by atoms with Crippen LogP contribution in [0.15, 0.2) is 18.2 Å². The number of hydrogen-bond donors (Lipinski definition) is 2. The van der Waals surface area contributed by atoms with Crippen LogP contribution in [0.4, 0.5) is 28.9 Å². The van der Waals surface area contributed by atoms with Gasteiger partial charge in [0.1, 0.15) is 12.4 Å². The number of halogens is 4. The summed E-state index contributed by atoms with van der Waals surface area (Å²) >= 11 is 0. The van der Waals surface area contributed by atoms with Crippen LogP contribution in [0.3, 0.4) is 0 Å². The predicted octanol–water partition coefficient (Wildman–Crippen LogP) is 2.31. The van der Waals surface area contributed by atoms with Crippen molar-refractivity contribution in [2.75, 3.05) is 17.7 Å². The zero-order valence-electron chi connectivity index (χ0n) is 9.92. The van der Waals surface area contributed by atoms with Crippen molar-refractivity contribution in [1.29, 1.82) is 0 Å². The number of rotatable bonds is 4. The van der Waals surface area contributed by atoms with Crippen LogP contribution in [0, 0.1) is 5.82 Å². The summed E-state index contributed by atoms with van der Waals surface area (Å²) in [5, 5.41) is 2.07. The van der Waals surface area contributed by atoms with E-state index in [0.717, 1.165) is 19.1 Å². The van der Waals surface area contributed by atoms with Crippen LogP contribution in [-0.4, -0.2) is 24.8 Å². The van der Waals surface area contributed by atoms with Crippen molar-refractivity contribution in [3.8, 4) is 0 Å². The number of anilines is 2. The van der Waals surface area contributed by atoms with E-state index in [1.54, 1.807) is 0 Å². The molecule has 0 aliphatic rings. The molecule has 0 saturated carbocycles. The van der Waals surface area contributed by atoms with Crippen LogP contribution in [0.5, 0.6) is 0 Å². The Labute approximate surface area is 106 Å². The van der Waals surface area contributed by atoms with Crippen molar-refractivity contribution in [3.63, 3.8) is 0 Å². The Balaban J connectivity index is 2.54. The molecule has 1 amide bonds. The number of nitrogen functional groups attached to an aromatic ring is 1. The molecule has 0 saturated heterocycles. The van der Waals surface area contributed by atoms with Crippen LogP contribution >= 0.6 is 0 Å². The number of alkyl halides is 3. The third kappa shape index (κ3) is 4.74. The topological polar surface area (TPSA) is 64.3 Å². The maximum absolute atomic E-state index is 13.2. The normalized spacial score (nSPS) is 13.1. The zero-order valence-corrected chi connectivity index (χ0v) is 9.92. The highest BCUT2D eigenvalue weighted by Crippen LogP contribution is 2.22. The van der Waals surface area contributed by atoms with E-state index in [2.05, 4.69) is 10.1 Å². The molecule has 0 aliphatic carbocycles. The highest BCUT2D eigenvalue weighted by molar-refractivity contribution is 5.92. The molecule has 0 fully saturated rings. The largest absolute Gasteiger partial charge is 0.414 e. The fraction of sp³-hybridized carbons (Fsp3) is 0.364. The molecule has 0 spiro atoms. The smallest absolute Gasteiger partial charge is 0.399 e. The van der Waals surface area contributed by atoms with Gasteiger partial charge in [0, 0.05) is 5.69 Å². The van der Waals surface area contributed by atoms with Gasteiger partial charge in [-0.3, -0.25) is 4.79 Å². The molecular formula is C11H12F4N2O2. The molecule has 8 heteroatoms. The van der Waals surface area contributed by atoms with Gasteiger partial charge >= 0.3 is 6.18 Å². The maximum atomic E-state index is 13.2. The van der Waals surface area contributed by atoms with Crippen LogP contribution in [-0.2, 0) is 9.53 Å². The van der Waals surface area contributed by atoms with Gasteiger partial charge in [-0.2, -0.15) is 13.2 Å². The molecule has 1 rings (SSSR count). The molecule has 1 aromatic carbocycles. The quantitative estimate of drug-likeness (QED) is 0.657. The van der Waals surface area contributed by atoms with Gasteiger partial charge < -0.3 is 15.8 Å². The van der Waals surface area contributed by atoms with E-state index >= 15 is 0 Å². The number of amides is 1. The lowest BCUT2D eigenvalue weighted by atomic mass is 10.2. The lowest BCUT2D eigenvalue weighted by Crippen LogP contribution is -2.32. The molecule has 3 N–H and O–H groups in total. The van der Waals surface area contributed by atoms with E-state index in [9.17, 15) is 22.4 Å². The SMILES string of the molecule is CC(OCC(=O)Nc1cc(N)ccc1F)C(F)(F)F. The fourth-order valence-electron chi connectivity index (χ4n) is 1.12. The Bertz CT molecular complexity index is 462. The molecular weight excluding hydrogens is 268 g/mol. The number of carbonyl (C=O) groups excluding carboxylic acids is 1. The number of hydrogen-bond acceptors (Lipinski definition) is 3. The van der Waals surface area contributed by atoms with E-state index in [0.29, 0.717) is 0 Å². The zero-order chi connectivity index (χ0) is 14.6. The molecule has 0 radical (unpaired) electrons. The van der Waals surface area contributed by atoms with Crippen LogP contribution in [0.2, 0.25) is 0 Å². The molecule has 0 bridgehead atoms. The molecule has 1 aromatic rings. The second-order valence-electron chi connectivity index (χ2n) is 3.78. The van der Waals surface area contributed by atoms with Gasteiger partial charge in [0.2, 0.25) is 5.91 Å². The standard InChI is InChI=1S/C11H12F4N2O2/c1-6(11(13,14)15)19-5-10(18)17-9-4-7(16)2-3-8(9)12/h2-4,6H,5,16H2,1H3,(H,17,18). The van der Waals surface area contributed by atoms with Crippen molar-refractivity contribution in [2.24, 2.45) is 0 Å². The van der Waals surface area contributed by atoms with Gasteiger partial charge in [0.15, 0.2) is 6.10 Å². The van der Waals surface area contributed by atoms with E-state index in [1.807, 2.05) is 0 Å². The monoisotopic (exact) mass is 280 g/mol. The Morgan fingerprint density at radius 2 is 2.11 bits per heavy atom. The van der Waals surface area contributed by atoms with Gasteiger partial charge in [-0.1, -0.05) is 0 Å². The molecule has 106 valence electrons. The summed E-state index contributed by atoms with van der Waals surface area (Å²) in [6.45, 7) is -0.0662. The van der Waals surface area contributed by atoms with Crippen molar-refractivity contribution in [1.82, 2.24) is 0 Å². The molecule has 0 aromatic heterocycles. The first kappa shape index (κ1) is 15.2. The first-order valence-electron chi connectivity index (χ1n) is 5.23. The van der Waals surface area contributed by atoms with Gasteiger partial charge in [-0.05, 0) is 25.1 Å². The third-order valence-electron chi connectivity index (χ3n) is 2.19. The predicted molar refractivity (Wildman–Crippen MR) is 60.9 cm³/mol. The van der Waals surface area contributed by atoms with Crippen molar-refractivity contribution in [3.05, 3.63) is 24.0 Å². The number of carbonyl (C=O) groups is 1. The minimum absolute atomic E-state index is 0.210. The lowest BCUT2D eigenvalue weighted by molar-refractivity contribution is -0.213. The summed E-state index contributed by atoms with van der Waals surface area (Å²) in [5.41, 5.74) is 5.38. The second-order valence-corrected chi connectivity index (χ2v) is 3.78. The van der Waals surface area contributed by atoms with Crippen molar-refractivity contribution < 1.29 is 27.1 Å². The van der Waals surface area contributed by atoms with E-state index in [4.69, 9.17) is 5.73 Å². The van der Waals surface area contributed by atoms with E-state index < -0.39 is 30.6 Å². The third-order valence-corrected chi connectivity index (χ3v) is 2.19. The summed E-state index contributed by atoms with van der Waals surface area (Å²) in [6.07, 6.45) is -6.63. The first-order valence-corrected chi connectivity index (χ1v) is 5.23. The Morgan fingerprint density at radius 3 is 2.68 bits per heavy atom. The van der Waals surface area contributed by atoms with Gasteiger partial charge in [-0.25, -0.2) is 4.39 Å². The average molecular weight is 280 g/mol. The summed E-state index contributed by atoms with van der Waals surface area (Å²) in [5.74, 6) is -1.65. The summed E-state index contributed by atoms with van der Waals surface area (Å²) in [4.78, 5) is 11.3. The molecule has 1 atom stereocenters. The van der Waals surface area contributed by atoms with Gasteiger partial charge in [0.25, 0.3) is 0 Å². The van der Waals surface area contributed by atoms with Gasteiger partial charge in [-0.15, -0.1) is 0 Å². The summed E-state index contributed by atoms with van der Waals surface area (Å²) in [7, 11) is 0. The Hall–Kier alpha value is -1.83. The molecule has 4 nitrogen and oxygen atoms in total. The number of nitrogens with two attached hydrogens (primary N) is 1. The first-order chi connectivity index (χ1) is 8.70. The molecule has 0 aliphatic heterocycles. The minimum Gasteiger partial charge on any atom is -0.399 e. The van der Waals surface area contributed by atoms with E-state index in [1.165, 1.54) is 6.07 Å². The van der Waals surface area contributed by atoms with Crippen LogP contribution in [0.25, 0.3) is 0 Å². The van der Waals surface area contributed by atoms with Crippen molar-refractivity contribution >= 4 is 17.3 Å². The molecule has 1 unspecified atom stereocenters. The number of benzene rings is 1. The van der Waals surface area contributed by atoms with Crippen molar-refractivity contribution in [2.45, 2.75) is 19.2 Å². The summed E-state index contributed by atoms with van der Waals surface area (Å²) in [6, 6.07) is 3.47. The number of ether oxygens (including phenoxy) is 1. The van der Waals surface area contributed by atoms with Gasteiger partial charge in [0.05, 0.1) is 5.69 Å². The fourth-order valence-corrected chi connectivity index (χ4v) is 1.12. The van der Waals surface area contributed by atoms with Crippen LogP contribution in [0.1, 0.15) is 6.92 Å². The highest BCUT2D eigenvalue weighted by atomic mass is 19.4. The molecule has 0 heterocycles. The Morgan fingerprint density at radius 1 is 1.47 bits per heavy atom. The molecule has 19 heavy (non-hydrogen) atoms. The lowest BCUT2D eigenvalue weighted by Gasteiger charge is -2.16. The highest BCUT2D eigenvalue weighted by Gasteiger charge is 2.37. The average Bonchev–Trinajstić information content (AvgIpc) is 2.29. The second kappa shape index (κ2) is 5.87. The summed E-state index contributed by atoms with van der Waals surface area (Å²) < 4.78 is 53.9. The number of nitrogens with one attached hydrogen (secondary N) is 1. The maximum Gasteiger partial charge on any atom is 0.414 e. The minimum atomic E-state index is -4.55. The van der Waals surface area contributed by atoms with Crippen LogP contribution < -0.4 is 11.1 Å². The van der Waals surface area contributed by atoms with E-state index in [-0.39, 0.29) is 11.4 Å².